The summed E-state index contributed by atoms with van der Waals surface area (Å²) in [4.78, 5) is 31.8. The number of halogens is 4. The molecule has 0 saturated carbocycles. The lowest BCUT2D eigenvalue weighted by molar-refractivity contribution is 0.100. The quantitative estimate of drug-likeness (QED) is 0.562. The van der Waals surface area contributed by atoms with Crippen molar-refractivity contribution in [3.63, 3.8) is 0 Å². The van der Waals surface area contributed by atoms with Gasteiger partial charge >= 0.3 is 0 Å². The van der Waals surface area contributed by atoms with Gasteiger partial charge in [-0.1, -0.05) is 11.6 Å². The molecule has 3 rings (SSSR count). The van der Waals surface area contributed by atoms with Gasteiger partial charge in [0.1, 0.15) is 34.6 Å². The molecule has 0 N–H and O–H groups in total. The van der Waals surface area contributed by atoms with Crippen LogP contribution in [0.25, 0.3) is 5.69 Å². The number of pyridine rings is 3. The monoisotopic (exact) mass is 437 g/mol. The van der Waals surface area contributed by atoms with Crippen molar-refractivity contribution in [3.05, 3.63) is 80.0 Å². The molecule has 0 amide bonds. The minimum atomic E-state index is -0.949. The third kappa shape index (κ3) is 3.93. The second-order valence-electron chi connectivity index (χ2n) is 6.48. The summed E-state index contributed by atoms with van der Waals surface area (Å²) in [6.07, 6.45) is 2.11. The second kappa shape index (κ2) is 8.27. The molecule has 3 aromatic heterocycles. The van der Waals surface area contributed by atoms with Crippen molar-refractivity contribution < 1.29 is 22.7 Å². The number of ketones is 1. The van der Waals surface area contributed by atoms with Crippen LogP contribution in [0, 0.1) is 31.3 Å². The first-order chi connectivity index (χ1) is 14.1. The van der Waals surface area contributed by atoms with Crippen LogP contribution in [0.15, 0.2) is 29.3 Å². The standard InChI is InChI=1S/C20H15ClF3N3O3/c1-9-6-26-18(11(3)28)17(24)19(9)27-10(2)4-15(16(21)20(27)29)30-8-14-13(23)5-12(22)7-25-14/h4-7H,8H2,1-3H3. The van der Waals surface area contributed by atoms with E-state index in [-0.39, 0.29) is 27.8 Å². The van der Waals surface area contributed by atoms with Crippen molar-refractivity contribution in [2.45, 2.75) is 27.4 Å². The smallest absolute Gasteiger partial charge is 0.278 e. The number of carbonyl (C=O) groups excluding carboxylic acids is 1. The molecule has 0 saturated heterocycles. The predicted octanol–water partition coefficient (Wildman–Crippen LogP) is 4.10. The van der Waals surface area contributed by atoms with E-state index in [0.717, 1.165) is 17.7 Å². The molecule has 0 aliphatic heterocycles. The van der Waals surface area contributed by atoms with Gasteiger partial charge in [-0.15, -0.1) is 0 Å². The fourth-order valence-electron chi connectivity index (χ4n) is 2.84. The van der Waals surface area contributed by atoms with E-state index < -0.39 is 41.1 Å². The zero-order valence-corrected chi connectivity index (χ0v) is 16.9. The number of aryl methyl sites for hydroxylation is 2. The van der Waals surface area contributed by atoms with Crippen LogP contribution in [0.5, 0.6) is 5.75 Å². The van der Waals surface area contributed by atoms with Crippen LogP contribution in [0.3, 0.4) is 0 Å². The maximum absolute atomic E-state index is 14.9. The summed E-state index contributed by atoms with van der Waals surface area (Å²) in [5, 5.41) is -0.386. The summed E-state index contributed by atoms with van der Waals surface area (Å²) < 4.78 is 48.0. The summed E-state index contributed by atoms with van der Waals surface area (Å²) in [6, 6.07) is 2.01. The van der Waals surface area contributed by atoms with Gasteiger partial charge in [-0.05, 0) is 19.4 Å². The number of hydrogen-bond acceptors (Lipinski definition) is 5. The van der Waals surface area contributed by atoms with Gasteiger partial charge in [0.25, 0.3) is 5.56 Å². The zero-order chi connectivity index (χ0) is 22.2. The third-order valence-electron chi connectivity index (χ3n) is 4.28. The Hall–Kier alpha value is -3.20. The topological polar surface area (TPSA) is 74.1 Å². The lowest BCUT2D eigenvalue weighted by atomic mass is 10.1. The number of aromatic nitrogens is 3. The molecule has 0 atom stereocenters. The highest BCUT2D eigenvalue weighted by atomic mass is 35.5. The second-order valence-corrected chi connectivity index (χ2v) is 6.86. The molecule has 0 radical (unpaired) electrons. The largest absolute Gasteiger partial charge is 0.485 e. The third-order valence-corrected chi connectivity index (χ3v) is 4.63. The molecule has 0 fully saturated rings. The molecular formula is C20H15ClF3N3O3. The van der Waals surface area contributed by atoms with Gasteiger partial charge in [0, 0.05) is 30.9 Å². The van der Waals surface area contributed by atoms with E-state index in [9.17, 15) is 22.8 Å². The normalized spacial score (nSPS) is 10.9. The van der Waals surface area contributed by atoms with Crippen LogP contribution in [0.2, 0.25) is 5.02 Å². The number of carbonyl (C=O) groups is 1. The van der Waals surface area contributed by atoms with E-state index in [1.165, 1.54) is 26.1 Å². The average Bonchev–Trinajstić information content (AvgIpc) is 2.66. The van der Waals surface area contributed by atoms with Crippen molar-refractivity contribution in [2.24, 2.45) is 0 Å². The molecule has 156 valence electrons. The Morgan fingerprint density at radius 2 is 1.87 bits per heavy atom. The minimum absolute atomic E-state index is 0.0835. The van der Waals surface area contributed by atoms with E-state index in [0.29, 0.717) is 11.6 Å². The van der Waals surface area contributed by atoms with E-state index in [1.807, 2.05) is 0 Å². The Balaban J connectivity index is 2.05. The maximum Gasteiger partial charge on any atom is 0.278 e. The fourth-order valence-corrected chi connectivity index (χ4v) is 3.04. The SMILES string of the molecule is CC(=O)c1ncc(C)c(-n2c(C)cc(OCc3ncc(F)cc3F)c(Cl)c2=O)c1F. The molecule has 0 aliphatic carbocycles. The van der Waals surface area contributed by atoms with E-state index in [4.69, 9.17) is 16.3 Å². The molecule has 3 heterocycles. The van der Waals surface area contributed by atoms with Crippen molar-refractivity contribution >= 4 is 17.4 Å². The van der Waals surface area contributed by atoms with Crippen LogP contribution in [0.1, 0.15) is 34.4 Å². The van der Waals surface area contributed by atoms with Crippen molar-refractivity contribution in [3.8, 4) is 11.4 Å². The van der Waals surface area contributed by atoms with Gasteiger partial charge in [-0.2, -0.15) is 0 Å². The van der Waals surface area contributed by atoms with Gasteiger partial charge in [-0.3, -0.25) is 19.1 Å². The Kier molecular flexibility index (Phi) is 5.93. The number of Topliss-reactive ketones (excluding diaryl/α,β-unsaturated/α-hetero) is 1. The molecule has 0 aromatic carbocycles. The predicted molar refractivity (Wildman–Crippen MR) is 103 cm³/mol. The number of nitrogens with zero attached hydrogens (tertiary/aromatic N) is 3. The Bertz CT molecular complexity index is 1230. The summed E-state index contributed by atoms with van der Waals surface area (Å²) in [7, 11) is 0. The van der Waals surface area contributed by atoms with Crippen LogP contribution in [-0.2, 0) is 6.61 Å². The van der Waals surface area contributed by atoms with Gasteiger partial charge in [-0.25, -0.2) is 18.2 Å². The maximum atomic E-state index is 14.9. The highest BCUT2D eigenvalue weighted by Crippen LogP contribution is 2.27. The van der Waals surface area contributed by atoms with Gasteiger partial charge in [0.15, 0.2) is 17.4 Å². The molecule has 3 aromatic rings. The molecule has 0 spiro atoms. The minimum Gasteiger partial charge on any atom is -0.485 e. The first kappa shape index (κ1) is 21.5. The van der Waals surface area contributed by atoms with Crippen molar-refractivity contribution in [2.75, 3.05) is 0 Å². The van der Waals surface area contributed by atoms with E-state index in [2.05, 4.69) is 9.97 Å². The molecule has 0 bridgehead atoms. The Morgan fingerprint density at radius 1 is 1.17 bits per heavy atom. The average molecular weight is 438 g/mol. The summed E-state index contributed by atoms with van der Waals surface area (Å²) >= 11 is 6.12. The molecule has 0 unspecified atom stereocenters. The van der Waals surface area contributed by atoms with Gasteiger partial charge in [0.05, 0.1) is 11.9 Å². The Morgan fingerprint density at radius 3 is 2.50 bits per heavy atom. The van der Waals surface area contributed by atoms with Crippen LogP contribution >= 0.6 is 11.6 Å². The van der Waals surface area contributed by atoms with E-state index in [1.54, 1.807) is 0 Å². The van der Waals surface area contributed by atoms with Gasteiger partial charge in [0.2, 0.25) is 0 Å². The lowest BCUT2D eigenvalue weighted by Crippen LogP contribution is -2.24. The molecule has 6 nitrogen and oxygen atoms in total. The van der Waals surface area contributed by atoms with Crippen LogP contribution in [-0.4, -0.2) is 20.3 Å². The van der Waals surface area contributed by atoms with Gasteiger partial charge < -0.3 is 4.74 Å². The molecule has 30 heavy (non-hydrogen) atoms. The first-order valence-electron chi connectivity index (χ1n) is 8.63. The van der Waals surface area contributed by atoms with Crippen LogP contribution < -0.4 is 10.3 Å². The van der Waals surface area contributed by atoms with Crippen molar-refractivity contribution in [1.29, 1.82) is 0 Å². The lowest BCUT2D eigenvalue weighted by Gasteiger charge is -2.17. The number of ether oxygens (including phenoxy) is 1. The molecule has 0 aliphatic rings. The molecular weight excluding hydrogens is 423 g/mol. The zero-order valence-electron chi connectivity index (χ0n) is 16.1. The number of rotatable bonds is 5. The summed E-state index contributed by atoms with van der Waals surface area (Å²) in [5.41, 5.74) is -0.994. The fraction of sp³-hybridized carbons (Fsp3) is 0.200. The number of hydrogen-bond donors (Lipinski definition) is 0. The summed E-state index contributed by atoms with van der Waals surface area (Å²) in [6.45, 7) is 3.79. The summed E-state index contributed by atoms with van der Waals surface area (Å²) in [5.74, 6) is -3.39. The first-order valence-corrected chi connectivity index (χ1v) is 9.00. The highest BCUT2D eigenvalue weighted by molar-refractivity contribution is 6.31. The van der Waals surface area contributed by atoms with Crippen molar-refractivity contribution in [1.82, 2.24) is 14.5 Å². The molecule has 10 heteroatoms. The van der Waals surface area contributed by atoms with E-state index >= 15 is 0 Å². The van der Waals surface area contributed by atoms with Crippen LogP contribution in [0.4, 0.5) is 13.2 Å². The highest BCUT2D eigenvalue weighted by Gasteiger charge is 2.22. The Labute approximate surface area is 173 Å².